The number of para-hydroxylation sites is 2. The van der Waals surface area contributed by atoms with Gasteiger partial charge >= 0.3 is 24.1 Å². The van der Waals surface area contributed by atoms with Gasteiger partial charge in [-0.25, -0.2) is 14.4 Å². The van der Waals surface area contributed by atoms with Crippen LogP contribution < -0.4 is 11.1 Å². The fourth-order valence-corrected chi connectivity index (χ4v) is 18.8. The maximum atomic E-state index is 13.4. The second kappa shape index (κ2) is 37.0. The lowest BCUT2D eigenvalue weighted by Crippen LogP contribution is -2.45. The molecule has 6 heterocycles. The number of ketones is 5. The van der Waals surface area contributed by atoms with Crippen molar-refractivity contribution in [3.63, 3.8) is 0 Å². The van der Waals surface area contributed by atoms with E-state index in [4.69, 9.17) is 48.6 Å². The number of hydrogen-bond donors (Lipinski definition) is 4. The number of aliphatic carboxylic acids is 2. The number of nitrogens with two attached hydrogens (primary N) is 1. The van der Waals surface area contributed by atoms with E-state index in [1.54, 1.807) is 54.6 Å². The number of ether oxygens (including phenoxy) is 2. The van der Waals surface area contributed by atoms with Crippen molar-refractivity contribution in [3.05, 3.63) is 203 Å². The molecular weight excluding hydrogens is 1570 g/mol. The fourth-order valence-electron chi connectivity index (χ4n) is 18.8. The maximum absolute atomic E-state index is 13.4. The Kier molecular flexibility index (Phi) is 26.7. The van der Waals surface area contributed by atoms with Crippen LogP contribution in [0.1, 0.15) is 219 Å². The first-order chi connectivity index (χ1) is 57.8. The summed E-state index contributed by atoms with van der Waals surface area (Å²) in [5, 5.41) is 31.3. The normalized spacial score (nSPS) is 28.6. The molecule has 20 atom stereocenters. The molecule has 4 aliphatic heterocycles. The van der Waals surface area contributed by atoms with Crippen molar-refractivity contribution in [1.82, 2.24) is 39.6 Å². The van der Waals surface area contributed by atoms with Crippen LogP contribution in [0.25, 0.3) is 21.8 Å². The highest BCUT2D eigenvalue weighted by Gasteiger charge is 2.60. The van der Waals surface area contributed by atoms with E-state index in [9.17, 15) is 47.9 Å². The van der Waals surface area contributed by atoms with Gasteiger partial charge in [-0.3, -0.25) is 52.7 Å². The number of piperidine rings is 4. The zero-order chi connectivity index (χ0) is 86.0. The number of aromatic nitrogens is 4. The zero-order valence-electron chi connectivity index (χ0n) is 70.2. The molecule has 5 N–H and O–H groups in total. The van der Waals surface area contributed by atoms with Crippen molar-refractivity contribution in [2.24, 2.45) is 47.2 Å². The molecule has 640 valence electrons. The number of Topliss-reactive ketones (excluding diaryl/α,β-unsaturated/α-hetero) is 5. The van der Waals surface area contributed by atoms with Gasteiger partial charge in [-0.2, -0.15) is 10.2 Å². The van der Waals surface area contributed by atoms with Crippen molar-refractivity contribution in [2.45, 2.75) is 254 Å². The molecule has 12 fully saturated rings. The van der Waals surface area contributed by atoms with Gasteiger partial charge in [0.2, 0.25) is 5.91 Å². The van der Waals surface area contributed by atoms with Gasteiger partial charge in [-0.15, -0.1) is 23.2 Å². The molecule has 0 bridgehead atoms. The summed E-state index contributed by atoms with van der Waals surface area (Å²) in [7, 11) is 0. The van der Waals surface area contributed by atoms with Crippen molar-refractivity contribution < 1.29 is 67.6 Å². The third kappa shape index (κ3) is 21.9. The molecule has 2 aromatic heterocycles. The Morgan fingerprint density at radius 2 is 0.777 bits per heavy atom. The standard InChI is InChI=1S/C27H27N3O3.C21H27NO3.C16H19NO.C11H10N2O3.C11H17NO4.C9H11N.CH2Cl2/c1-16(31)27-20-9-5-6-10-22(20)29(28-27)15-26(33)30-23-12-19(23)13-24(30)25(32)14-18-11-21(18)17-7-3-2-4-8-17;1-21(2,3)25-20(24)22-17-10-15(17)11-18(22)19(23)12-14-9-16(14)13-7-5-4-6-8-13;18-16(15-8-12-7-14(12)17-15)9-11-6-13(11)10-4-2-1-3-5-10;1-7(14)11-8-4-2-3-5-9(8)13(12-11)6-10(15)16;1-11(2,3)16-10(15)12-7-4-6(7)5-8(12)9(13)14;10-9-6-8(9)7-4-2-1-3-5-7;2-1-3/h2-10,18-19,21,23-24H,11-15H2,1H3;4-8,14-18H,9-12H2,1-3H3;1-5,11-15,17H,6-9H2;2-5H,6H2,1H3,(H,15,16);6-8H,4-5H2,1-3H3,(H,13,14);1-5,8-9H,6,10H2;1H2/t18-,19-,21-,23-,24+;14-,15-,16-,17-,18+;11-,12-,13-,14-,15+;;6-,7-,8+;8-,9+;/m111.11./s1. The number of carbonyl (C=O) groups excluding carboxylic acids is 8. The Bertz CT molecular complexity index is 5100. The van der Waals surface area contributed by atoms with Crippen LogP contribution in [-0.4, -0.2) is 174 Å². The quantitative estimate of drug-likeness (QED) is 0.0407. The van der Waals surface area contributed by atoms with Crippen molar-refractivity contribution in [3.8, 4) is 0 Å². The van der Waals surface area contributed by atoms with Gasteiger partial charge in [0.1, 0.15) is 47.5 Å². The summed E-state index contributed by atoms with van der Waals surface area (Å²) in [5.41, 5.74) is 12.2. The van der Waals surface area contributed by atoms with E-state index in [0.717, 1.165) is 74.6 Å². The Labute approximate surface area is 717 Å². The molecule has 3 amide bonds. The molecule has 20 rings (SSSR count). The summed E-state index contributed by atoms with van der Waals surface area (Å²) in [4.78, 5) is 126. The Balaban J connectivity index is 0.000000122. The van der Waals surface area contributed by atoms with Gasteiger partial charge in [0.05, 0.1) is 34.5 Å². The van der Waals surface area contributed by atoms with Crippen LogP contribution in [0.15, 0.2) is 170 Å². The van der Waals surface area contributed by atoms with Gasteiger partial charge in [0.15, 0.2) is 23.1 Å². The molecule has 8 aromatic rings. The number of fused-ring (bicyclic) bond motifs is 6. The number of carbonyl (C=O) groups is 10. The van der Waals surface area contributed by atoms with E-state index in [1.165, 1.54) is 64.9 Å². The second-order valence-electron chi connectivity index (χ2n) is 37.0. The largest absolute Gasteiger partial charge is 0.480 e. The number of nitrogens with zero attached hydrogens (tertiary/aromatic N) is 7. The summed E-state index contributed by atoms with van der Waals surface area (Å²) in [5.74, 6) is 4.48. The first kappa shape index (κ1) is 87.4. The van der Waals surface area contributed by atoms with E-state index in [0.29, 0.717) is 119 Å². The van der Waals surface area contributed by atoms with Gasteiger partial charge in [0, 0.05) is 80.0 Å². The smallest absolute Gasteiger partial charge is 0.411 e. The van der Waals surface area contributed by atoms with Crippen LogP contribution in [0.2, 0.25) is 0 Å². The van der Waals surface area contributed by atoms with Gasteiger partial charge in [0.25, 0.3) is 0 Å². The van der Waals surface area contributed by atoms with Gasteiger partial charge < -0.3 is 35.6 Å². The number of carboxylic acids is 2. The Hall–Kier alpha value is -9.94. The van der Waals surface area contributed by atoms with E-state index < -0.39 is 35.3 Å². The predicted molar refractivity (Wildman–Crippen MR) is 461 cm³/mol. The molecule has 23 nitrogen and oxygen atoms in total. The summed E-state index contributed by atoms with van der Waals surface area (Å²) in [6.45, 7) is 13.7. The van der Waals surface area contributed by atoms with Crippen LogP contribution in [0.3, 0.4) is 0 Å². The zero-order valence-corrected chi connectivity index (χ0v) is 71.7. The van der Waals surface area contributed by atoms with E-state index in [-0.39, 0.29) is 89.8 Å². The minimum absolute atomic E-state index is 0.0524. The molecule has 0 radical (unpaired) electrons. The first-order valence-corrected chi connectivity index (χ1v) is 44.0. The molecule has 4 saturated heterocycles. The minimum atomic E-state index is -0.983. The SMILES string of the molecule is CC(=O)c1nn(CC(=O)N2[C@@H]3C[C@@H]3C[C@H]2C(=O)C[C@H]2C[C@@H]2c2ccccc2)c2ccccc12.CC(=O)c1nn(CC(=O)O)c2ccccc12.CC(C)(C)OC(=O)N1[C@@H]2C[C@@H]2C[C@H]1C(=O)C[C@H]1C[C@@H]1c1ccccc1.CC(C)(C)OC(=O)N1[C@@H]2C[C@@H]2C[C@H]1C(=O)O.ClCCl.N[C@H]1C[C@@H]1c1ccccc1.O=C(C[C@H]1C[C@@H]1c1ccccc1)[C@@H]1C[C@H]2C[C@H]2N1. The third-order valence-corrected chi connectivity index (χ3v) is 25.6. The molecular formula is C96H113Cl2N9O14. The molecule has 8 saturated carbocycles. The molecule has 6 aromatic carbocycles. The lowest BCUT2D eigenvalue weighted by atomic mass is 10.00. The number of amides is 3. The number of hydrogen-bond acceptors (Lipinski definition) is 16. The molecule has 0 spiro atoms. The average Bonchev–Trinajstić information content (AvgIpc) is 1.59. The van der Waals surface area contributed by atoms with E-state index in [2.05, 4.69) is 107 Å². The van der Waals surface area contributed by atoms with Crippen molar-refractivity contribution in [1.29, 1.82) is 0 Å². The summed E-state index contributed by atoms with van der Waals surface area (Å²) in [6.07, 6.45) is 13.2. The summed E-state index contributed by atoms with van der Waals surface area (Å²) < 4.78 is 13.7. The summed E-state index contributed by atoms with van der Waals surface area (Å²) in [6, 6.07) is 57.0. The highest BCUT2D eigenvalue weighted by molar-refractivity contribution is 6.40. The highest BCUT2D eigenvalue weighted by Crippen LogP contribution is 2.56. The van der Waals surface area contributed by atoms with Crippen LogP contribution in [-0.2, 0) is 51.3 Å². The number of carboxylic acid groups (broad SMARTS) is 2. The van der Waals surface area contributed by atoms with Crippen molar-refractivity contribution >= 4 is 104 Å². The summed E-state index contributed by atoms with van der Waals surface area (Å²) >= 11 is 9.53. The predicted octanol–water partition coefficient (Wildman–Crippen LogP) is 16.4. The van der Waals surface area contributed by atoms with Gasteiger partial charge in [-0.1, -0.05) is 158 Å². The fraction of sp³-hybridized carbons (Fsp3) is 0.500. The van der Waals surface area contributed by atoms with Crippen LogP contribution >= 0.6 is 23.2 Å². The number of likely N-dealkylation sites (tertiary alicyclic amines) is 3. The average molecular weight is 1690 g/mol. The van der Waals surface area contributed by atoms with Gasteiger partial charge in [-0.05, 0) is 212 Å². The number of rotatable bonds is 20. The molecule has 12 aliphatic rings. The third-order valence-electron chi connectivity index (χ3n) is 25.6. The number of alkyl halides is 2. The van der Waals surface area contributed by atoms with E-state index in [1.807, 2.05) is 80.3 Å². The maximum Gasteiger partial charge on any atom is 0.411 e. The molecule has 25 heteroatoms. The highest BCUT2D eigenvalue weighted by atomic mass is 35.5. The first-order valence-electron chi connectivity index (χ1n) is 43.0. The molecule has 0 unspecified atom stereocenters. The lowest BCUT2D eigenvalue weighted by Gasteiger charge is -2.30. The van der Waals surface area contributed by atoms with Crippen molar-refractivity contribution in [2.75, 3.05) is 5.34 Å². The second-order valence-corrected chi connectivity index (χ2v) is 37.8. The molecule has 121 heavy (non-hydrogen) atoms. The lowest BCUT2D eigenvalue weighted by molar-refractivity contribution is -0.142. The number of benzene rings is 6. The topological polar surface area (TPSA) is 313 Å². The minimum Gasteiger partial charge on any atom is -0.480 e. The number of nitrogens with one attached hydrogen (secondary N) is 1. The number of halogens is 2. The monoisotopic (exact) mass is 1690 g/mol. The van der Waals surface area contributed by atoms with Crippen LogP contribution in [0.4, 0.5) is 9.59 Å². The molecule has 8 aliphatic carbocycles. The van der Waals surface area contributed by atoms with Crippen LogP contribution in [0.5, 0.6) is 0 Å². The Morgan fingerprint density at radius 1 is 0.430 bits per heavy atom. The Morgan fingerprint density at radius 3 is 1.14 bits per heavy atom. The van der Waals surface area contributed by atoms with Crippen LogP contribution in [0, 0.1) is 41.4 Å². The van der Waals surface area contributed by atoms with E-state index >= 15 is 0 Å².